The van der Waals surface area contributed by atoms with Crippen LogP contribution in [-0.2, 0) is 11.3 Å². The molecule has 0 aliphatic carbocycles. The molecule has 2 N–H and O–H groups in total. The molecule has 0 radical (unpaired) electrons. The highest BCUT2D eigenvalue weighted by molar-refractivity contribution is 7.13. The second kappa shape index (κ2) is 8.30. The first-order chi connectivity index (χ1) is 16.3. The summed E-state index contributed by atoms with van der Waals surface area (Å²) < 4.78 is 12.6. The van der Waals surface area contributed by atoms with Crippen molar-refractivity contribution in [3.05, 3.63) is 41.8 Å². The Morgan fingerprint density at radius 1 is 1.21 bits per heavy atom. The number of nitrogens with zero attached hydrogens (tertiary/aromatic N) is 7. The van der Waals surface area contributed by atoms with Crippen LogP contribution in [-0.4, -0.2) is 67.9 Å². The van der Waals surface area contributed by atoms with Gasteiger partial charge >= 0.3 is 0 Å². The number of nitrogens with one attached hydrogen (secondary N) is 2. The number of aromatic nitrogens is 7. The molecule has 1 aromatic carbocycles. The number of hydrogen-bond donors (Lipinski definition) is 2. The Morgan fingerprint density at radius 2 is 2.12 bits per heavy atom. The number of anilines is 2. The highest BCUT2D eigenvalue weighted by Gasteiger charge is 2.20. The van der Waals surface area contributed by atoms with Gasteiger partial charge in [0.15, 0.2) is 5.65 Å². The van der Waals surface area contributed by atoms with Crippen LogP contribution in [0.15, 0.2) is 36.0 Å². The normalized spacial score (nSPS) is 14.3. The van der Waals surface area contributed by atoms with Gasteiger partial charge in [-0.25, -0.2) is 9.97 Å². The molecule has 5 aromatic rings. The van der Waals surface area contributed by atoms with Gasteiger partial charge in [0.25, 0.3) is 0 Å². The van der Waals surface area contributed by atoms with Crippen molar-refractivity contribution < 1.29 is 9.47 Å². The van der Waals surface area contributed by atoms with Crippen LogP contribution in [0.3, 0.4) is 0 Å². The zero-order chi connectivity index (χ0) is 22.2. The minimum Gasteiger partial charge on any atom is -0.494 e. The number of aromatic amines is 1. The van der Waals surface area contributed by atoms with Gasteiger partial charge in [-0.05, 0) is 12.1 Å². The number of fused-ring (bicyclic) bond motifs is 2. The first-order valence-corrected chi connectivity index (χ1v) is 11.4. The molecule has 0 atom stereocenters. The summed E-state index contributed by atoms with van der Waals surface area (Å²) in [6.07, 6.45) is 3.56. The van der Waals surface area contributed by atoms with Crippen LogP contribution >= 0.6 is 11.3 Å². The summed E-state index contributed by atoms with van der Waals surface area (Å²) in [5, 5.41) is 10.7. The fourth-order valence-corrected chi connectivity index (χ4v) is 4.50. The van der Waals surface area contributed by atoms with E-state index in [0.717, 1.165) is 46.3 Å². The van der Waals surface area contributed by atoms with E-state index in [4.69, 9.17) is 19.4 Å². The molecule has 1 aliphatic rings. The van der Waals surface area contributed by atoms with Gasteiger partial charge in [-0.3, -0.25) is 0 Å². The van der Waals surface area contributed by atoms with Gasteiger partial charge in [0.2, 0.25) is 11.9 Å². The van der Waals surface area contributed by atoms with E-state index in [-0.39, 0.29) is 0 Å². The number of rotatable bonds is 6. The minimum absolute atomic E-state index is 0.430. The van der Waals surface area contributed by atoms with Crippen molar-refractivity contribution in [3.8, 4) is 16.3 Å². The first-order valence-electron chi connectivity index (χ1n) is 10.5. The lowest BCUT2D eigenvalue weighted by atomic mass is 10.3. The van der Waals surface area contributed by atoms with Crippen molar-refractivity contribution in [3.63, 3.8) is 0 Å². The molecule has 168 valence electrons. The van der Waals surface area contributed by atoms with Gasteiger partial charge in [0.05, 0.1) is 44.1 Å². The van der Waals surface area contributed by atoms with Crippen molar-refractivity contribution in [2.45, 2.75) is 6.54 Å². The molecule has 4 aromatic heterocycles. The fraction of sp³-hybridized carbons (Fsp3) is 0.286. The van der Waals surface area contributed by atoms with E-state index in [2.05, 4.69) is 30.3 Å². The van der Waals surface area contributed by atoms with E-state index in [1.54, 1.807) is 35.4 Å². The van der Waals surface area contributed by atoms with Crippen LogP contribution in [0, 0.1) is 0 Å². The van der Waals surface area contributed by atoms with E-state index in [0.29, 0.717) is 37.3 Å². The summed E-state index contributed by atoms with van der Waals surface area (Å²) in [4.78, 5) is 24.2. The Morgan fingerprint density at radius 3 is 2.94 bits per heavy atom. The Balaban J connectivity index is 1.38. The number of methoxy groups -OCH3 is 1. The number of para-hydroxylation sites is 1. The van der Waals surface area contributed by atoms with E-state index in [9.17, 15) is 0 Å². The zero-order valence-corrected chi connectivity index (χ0v) is 18.7. The lowest BCUT2D eigenvalue weighted by Gasteiger charge is -2.27. The summed E-state index contributed by atoms with van der Waals surface area (Å²) in [6, 6.07) is 5.80. The second-order valence-corrected chi connectivity index (χ2v) is 8.37. The average Bonchev–Trinajstić information content (AvgIpc) is 3.61. The molecule has 0 unspecified atom stereocenters. The van der Waals surface area contributed by atoms with Crippen molar-refractivity contribution in [1.82, 2.24) is 34.5 Å². The largest absolute Gasteiger partial charge is 0.494 e. The molecule has 0 bridgehead atoms. The Hall–Kier alpha value is -3.77. The Labute approximate surface area is 192 Å². The smallest absolute Gasteiger partial charge is 0.230 e. The average molecular weight is 464 g/mol. The summed E-state index contributed by atoms with van der Waals surface area (Å²) in [5.41, 5.74) is 3.29. The van der Waals surface area contributed by atoms with E-state index in [1.165, 1.54) is 0 Å². The third-order valence-corrected chi connectivity index (χ3v) is 6.28. The van der Waals surface area contributed by atoms with Crippen molar-refractivity contribution in [1.29, 1.82) is 0 Å². The van der Waals surface area contributed by atoms with Crippen LogP contribution in [0.1, 0.15) is 5.82 Å². The number of morpholine rings is 1. The summed E-state index contributed by atoms with van der Waals surface area (Å²) in [6.45, 7) is 3.20. The third kappa shape index (κ3) is 3.62. The number of imidazole rings is 1. The monoisotopic (exact) mass is 463 g/mol. The van der Waals surface area contributed by atoms with Crippen LogP contribution in [0.2, 0.25) is 0 Å². The van der Waals surface area contributed by atoms with Crippen molar-refractivity contribution >= 4 is 39.9 Å². The molecule has 0 spiro atoms. The SMILES string of the molecule is COc1cccc2[nH]c(CNc3nc(N4CCOCC4)nc4c(-c5nccs5)cnn34)nc12. The number of ether oxygens (including phenoxy) is 2. The number of hydrogen-bond acceptors (Lipinski definition) is 10. The standard InChI is InChI=1S/C21H21N9O2S/c1-31-15-4-2-3-14-17(15)26-16(25-14)12-23-20-28-21(29-6-8-32-9-7-29)27-18-13(11-24-30(18)20)19-22-5-10-33-19/h2-5,10-11H,6-9,12H2,1H3,(H,25,26)(H,23,27,28). The van der Waals surface area contributed by atoms with E-state index >= 15 is 0 Å². The molecular formula is C21H21N9O2S. The molecular weight excluding hydrogens is 442 g/mol. The molecule has 12 heteroatoms. The van der Waals surface area contributed by atoms with Crippen molar-refractivity contribution in [2.75, 3.05) is 43.6 Å². The number of benzene rings is 1. The van der Waals surface area contributed by atoms with E-state index < -0.39 is 0 Å². The summed E-state index contributed by atoms with van der Waals surface area (Å²) in [5.74, 6) is 2.71. The molecule has 11 nitrogen and oxygen atoms in total. The van der Waals surface area contributed by atoms with Gasteiger partial charge in [-0.1, -0.05) is 6.07 Å². The predicted molar refractivity (Wildman–Crippen MR) is 125 cm³/mol. The highest BCUT2D eigenvalue weighted by atomic mass is 32.1. The van der Waals surface area contributed by atoms with Gasteiger partial charge < -0.3 is 24.7 Å². The van der Waals surface area contributed by atoms with Gasteiger partial charge in [-0.2, -0.15) is 19.6 Å². The first kappa shape index (κ1) is 19.9. The summed E-state index contributed by atoms with van der Waals surface area (Å²) >= 11 is 1.55. The van der Waals surface area contributed by atoms with Gasteiger partial charge in [0.1, 0.15) is 22.1 Å². The molecule has 1 saturated heterocycles. The highest BCUT2D eigenvalue weighted by Crippen LogP contribution is 2.28. The number of thiazole rings is 1. The molecule has 0 amide bonds. The molecule has 6 rings (SSSR count). The van der Waals surface area contributed by atoms with Crippen molar-refractivity contribution in [2.24, 2.45) is 0 Å². The van der Waals surface area contributed by atoms with Crippen LogP contribution < -0.4 is 15.0 Å². The molecule has 1 fully saturated rings. The Kier molecular flexibility index (Phi) is 5.00. The maximum atomic E-state index is 5.50. The molecule has 33 heavy (non-hydrogen) atoms. The zero-order valence-electron chi connectivity index (χ0n) is 17.9. The minimum atomic E-state index is 0.430. The van der Waals surface area contributed by atoms with E-state index in [1.807, 2.05) is 23.6 Å². The summed E-state index contributed by atoms with van der Waals surface area (Å²) in [7, 11) is 1.64. The Bertz CT molecular complexity index is 1410. The second-order valence-electron chi connectivity index (χ2n) is 7.47. The lowest BCUT2D eigenvalue weighted by Crippen LogP contribution is -2.37. The lowest BCUT2D eigenvalue weighted by molar-refractivity contribution is 0.122. The molecule has 5 heterocycles. The number of H-pyrrole nitrogens is 1. The predicted octanol–water partition coefficient (Wildman–Crippen LogP) is 2.58. The van der Waals surface area contributed by atoms with Crippen LogP contribution in [0.25, 0.3) is 27.3 Å². The third-order valence-electron chi connectivity index (χ3n) is 5.47. The maximum Gasteiger partial charge on any atom is 0.230 e. The quantitative estimate of drug-likeness (QED) is 0.392. The van der Waals surface area contributed by atoms with Gasteiger partial charge in [-0.15, -0.1) is 11.3 Å². The molecule has 0 saturated carbocycles. The molecule has 1 aliphatic heterocycles. The van der Waals surface area contributed by atoms with Crippen LogP contribution in [0.4, 0.5) is 11.9 Å². The topological polar surface area (TPSA) is 118 Å². The van der Waals surface area contributed by atoms with Crippen LogP contribution in [0.5, 0.6) is 5.75 Å². The fourth-order valence-electron chi connectivity index (χ4n) is 3.86. The van der Waals surface area contributed by atoms with Gasteiger partial charge in [0, 0.05) is 24.7 Å². The maximum absolute atomic E-state index is 5.50.